The van der Waals surface area contributed by atoms with Gasteiger partial charge in [0.2, 0.25) is 0 Å². The summed E-state index contributed by atoms with van der Waals surface area (Å²) in [4.78, 5) is 0. The lowest BCUT2D eigenvalue weighted by molar-refractivity contribution is 0.485. The zero-order valence-corrected chi connectivity index (χ0v) is 15.6. The van der Waals surface area contributed by atoms with Crippen molar-refractivity contribution in [2.24, 2.45) is 0 Å². The second-order valence-electron chi connectivity index (χ2n) is 6.23. The molecule has 27 heavy (non-hydrogen) atoms. The fraction of sp³-hybridized carbons (Fsp3) is 0.143. The highest BCUT2D eigenvalue weighted by Crippen LogP contribution is 2.28. The van der Waals surface area contributed by atoms with Gasteiger partial charge in [-0.25, -0.2) is 4.39 Å². The molecule has 4 nitrogen and oxygen atoms in total. The Hall–Kier alpha value is -2.86. The Balaban J connectivity index is 1.67. The van der Waals surface area contributed by atoms with Crippen LogP contribution in [-0.4, -0.2) is 14.8 Å². The van der Waals surface area contributed by atoms with E-state index in [2.05, 4.69) is 35.3 Å². The molecule has 0 radical (unpaired) electrons. The number of nitrogens with zero attached hydrogens (tertiary/aromatic N) is 3. The van der Waals surface area contributed by atoms with Crippen molar-refractivity contribution in [3.8, 4) is 11.4 Å². The highest BCUT2D eigenvalue weighted by Gasteiger charge is 2.18. The molecule has 4 rings (SSSR count). The average Bonchev–Trinajstić information content (AvgIpc) is 3.31. The largest absolute Gasteiger partial charge is 0.467 e. The minimum Gasteiger partial charge on any atom is -0.467 e. The molecule has 0 N–H and O–H groups in total. The summed E-state index contributed by atoms with van der Waals surface area (Å²) in [6, 6.07) is 18.7. The van der Waals surface area contributed by atoms with Gasteiger partial charge in [-0.2, -0.15) is 0 Å². The van der Waals surface area contributed by atoms with Gasteiger partial charge in [-0.1, -0.05) is 53.7 Å². The maximum absolute atomic E-state index is 14.3. The van der Waals surface area contributed by atoms with E-state index in [0.717, 1.165) is 16.7 Å². The van der Waals surface area contributed by atoms with E-state index >= 15 is 0 Å². The van der Waals surface area contributed by atoms with Crippen LogP contribution in [0.3, 0.4) is 0 Å². The van der Waals surface area contributed by atoms with Crippen molar-refractivity contribution >= 4 is 11.8 Å². The summed E-state index contributed by atoms with van der Waals surface area (Å²) in [6.45, 7) is 2.52. The summed E-state index contributed by atoms with van der Waals surface area (Å²) in [5.74, 6) is 1.71. The van der Waals surface area contributed by atoms with E-state index in [9.17, 15) is 4.39 Å². The molecular weight excluding hydrogens is 361 g/mol. The molecule has 0 fully saturated rings. The first kappa shape index (κ1) is 17.5. The van der Waals surface area contributed by atoms with Crippen LogP contribution in [0.25, 0.3) is 11.4 Å². The fourth-order valence-corrected chi connectivity index (χ4v) is 3.77. The molecule has 136 valence electrons. The van der Waals surface area contributed by atoms with Crippen LogP contribution in [0.5, 0.6) is 0 Å². The number of benzene rings is 2. The van der Waals surface area contributed by atoms with Gasteiger partial charge in [0.25, 0.3) is 0 Å². The molecule has 0 aliphatic carbocycles. The fourth-order valence-electron chi connectivity index (χ4n) is 2.89. The second-order valence-corrected chi connectivity index (χ2v) is 7.17. The molecule has 4 aromatic rings. The molecule has 0 aliphatic heterocycles. The van der Waals surface area contributed by atoms with Gasteiger partial charge in [-0.05, 0) is 36.8 Å². The van der Waals surface area contributed by atoms with Gasteiger partial charge < -0.3 is 4.42 Å². The van der Waals surface area contributed by atoms with Gasteiger partial charge in [0.05, 0.1) is 18.4 Å². The molecule has 0 saturated carbocycles. The van der Waals surface area contributed by atoms with E-state index in [1.54, 1.807) is 36.2 Å². The van der Waals surface area contributed by atoms with E-state index in [1.165, 1.54) is 17.2 Å². The lowest BCUT2D eigenvalue weighted by Crippen LogP contribution is -2.04. The summed E-state index contributed by atoms with van der Waals surface area (Å²) in [5.41, 5.74) is 2.86. The van der Waals surface area contributed by atoms with Gasteiger partial charge in [0.15, 0.2) is 11.0 Å². The molecule has 0 bridgehead atoms. The van der Waals surface area contributed by atoms with Crippen LogP contribution in [0.4, 0.5) is 4.39 Å². The van der Waals surface area contributed by atoms with Crippen LogP contribution in [0.1, 0.15) is 16.9 Å². The molecule has 2 aromatic heterocycles. The third-order valence-corrected chi connectivity index (χ3v) is 5.21. The zero-order chi connectivity index (χ0) is 18.6. The van der Waals surface area contributed by atoms with Gasteiger partial charge in [0, 0.05) is 5.75 Å². The van der Waals surface area contributed by atoms with Gasteiger partial charge in [-0.15, -0.1) is 10.2 Å². The first-order valence-corrected chi connectivity index (χ1v) is 9.58. The van der Waals surface area contributed by atoms with Crippen LogP contribution in [0.15, 0.2) is 76.5 Å². The summed E-state index contributed by atoms with van der Waals surface area (Å²) in [7, 11) is 0. The normalized spacial score (nSPS) is 11.0. The average molecular weight is 379 g/mol. The third kappa shape index (κ3) is 3.95. The quantitative estimate of drug-likeness (QED) is 0.425. The first-order valence-electron chi connectivity index (χ1n) is 8.59. The maximum Gasteiger partial charge on any atom is 0.192 e. The Morgan fingerprint density at radius 3 is 2.70 bits per heavy atom. The van der Waals surface area contributed by atoms with Crippen LogP contribution >= 0.6 is 11.8 Å². The Labute approximate surface area is 161 Å². The summed E-state index contributed by atoms with van der Waals surface area (Å²) >= 11 is 1.58. The van der Waals surface area contributed by atoms with Crippen LogP contribution in [-0.2, 0) is 12.3 Å². The zero-order valence-electron chi connectivity index (χ0n) is 14.8. The number of halogens is 1. The number of thioether (sulfide) groups is 1. The standard InChI is InChI=1S/C21H18FN3OS/c1-15-6-4-7-16(12-15)14-27-21-24-23-20(18-9-2-3-10-19(18)22)25(21)13-17-8-5-11-26-17/h2-12H,13-14H2,1H3. The Bertz CT molecular complexity index is 1040. The maximum atomic E-state index is 14.3. The van der Waals surface area contributed by atoms with E-state index in [-0.39, 0.29) is 5.82 Å². The van der Waals surface area contributed by atoms with E-state index in [1.807, 2.05) is 22.8 Å². The predicted octanol–water partition coefficient (Wildman–Crippen LogP) is 5.33. The van der Waals surface area contributed by atoms with Gasteiger partial charge in [-0.3, -0.25) is 4.57 Å². The highest BCUT2D eigenvalue weighted by atomic mass is 32.2. The summed E-state index contributed by atoms with van der Waals surface area (Å²) in [6.07, 6.45) is 1.63. The van der Waals surface area contributed by atoms with Crippen molar-refractivity contribution in [3.63, 3.8) is 0 Å². The van der Waals surface area contributed by atoms with Crippen LogP contribution in [0, 0.1) is 12.7 Å². The Kier molecular flexibility index (Phi) is 5.07. The number of hydrogen-bond donors (Lipinski definition) is 0. The van der Waals surface area contributed by atoms with E-state index < -0.39 is 0 Å². The molecule has 2 aromatic carbocycles. The third-order valence-electron chi connectivity index (χ3n) is 4.18. The molecular formula is C21H18FN3OS. The van der Waals surface area contributed by atoms with Crippen LogP contribution in [0.2, 0.25) is 0 Å². The molecule has 0 spiro atoms. The molecule has 0 aliphatic rings. The van der Waals surface area contributed by atoms with Crippen molar-refractivity contribution < 1.29 is 8.81 Å². The lowest BCUT2D eigenvalue weighted by atomic mass is 10.2. The Morgan fingerprint density at radius 2 is 1.93 bits per heavy atom. The summed E-state index contributed by atoms with van der Waals surface area (Å²) in [5, 5.41) is 9.32. The highest BCUT2D eigenvalue weighted by molar-refractivity contribution is 7.98. The van der Waals surface area contributed by atoms with E-state index in [4.69, 9.17) is 4.42 Å². The van der Waals surface area contributed by atoms with Gasteiger partial charge >= 0.3 is 0 Å². The van der Waals surface area contributed by atoms with Crippen LogP contribution < -0.4 is 0 Å². The van der Waals surface area contributed by atoms with E-state index in [0.29, 0.717) is 17.9 Å². The van der Waals surface area contributed by atoms with Crippen molar-refractivity contribution in [2.75, 3.05) is 0 Å². The first-order chi connectivity index (χ1) is 13.2. The molecule has 2 heterocycles. The molecule has 6 heteroatoms. The minimum atomic E-state index is -0.319. The van der Waals surface area contributed by atoms with Crippen molar-refractivity contribution in [3.05, 3.63) is 89.6 Å². The minimum absolute atomic E-state index is 0.319. The molecule has 0 atom stereocenters. The molecule has 0 saturated heterocycles. The number of aryl methyl sites for hydroxylation is 1. The van der Waals surface area contributed by atoms with Gasteiger partial charge in [0.1, 0.15) is 11.6 Å². The molecule has 0 unspecified atom stereocenters. The predicted molar refractivity (Wildman–Crippen MR) is 104 cm³/mol. The monoisotopic (exact) mass is 379 g/mol. The lowest BCUT2D eigenvalue weighted by Gasteiger charge is -2.09. The van der Waals surface area contributed by atoms with Crippen molar-refractivity contribution in [1.82, 2.24) is 14.8 Å². The number of aromatic nitrogens is 3. The molecule has 0 amide bonds. The summed E-state index contributed by atoms with van der Waals surface area (Å²) < 4.78 is 21.7. The smallest absolute Gasteiger partial charge is 0.192 e. The Morgan fingerprint density at radius 1 is 1.04 bits per heavy atom. The number of rotatable bonds is 6. The van der Waals surface area contributed by atoms with Crippen molar-refractivity contribution in [2.45, 2.75) is 24.4 Å². The number of furan rings is 1. The second kappa shape index (κ2) is 7.80. The topological polar surface area (TPSA) is 43.9 Å². The van der Waals surface area contributed by atoms with Crippen molar-refractivity contribution in [1.29, 1.82) is 0 Å². The SMILES string of the molecule is Cc1cccc(CSc2nnc(-c3ccccc3F)n2Cc2ccco2)c1. The number of hydrogen-bond acceptors (Lipinski definition) is 4.